The summed E-state index contributed by atoms with van der Waals surface area (Å²) in [5.41, 5.74) is 0.703. The first kappa shape index (κ1) is 16.0. The highest BCUT2D eigenvalue weighted by Crippen LogP contribution is 2.17. The highest BCUT2D eigenvalue weighted by atomic mass is 19.1. The van der Waals surface area contributed by atoms with Gasteiger partial charge in [-0.1, -0.05) is 26.0 Å². The lowest BCUT2D eigenvalue weighted by Gasteiger charge is -2.23. The fourth-order valence-electron chi connectivity index (χ4n) is 2.13. The van der Waals surface area contributed by atoms with Crippen LogP contribution in [0, 0.1) is 11.7 Å². The molecular weight excluding hydrogens is 239 g/mol. The van der Waals surface area contributed by atoms with Crippen LogP contribution in [0.1, 0.15) is 33.6 Å². The van der Waals surface area contributed by atoms with Crippen molar-refractivity contribution in [3.8, 4) is 0 Å². The standard InChI is InChI=1S/C16H27FN2/c1-4-19(16-10-6-5-9-15(16)17)13-12-18-11-7-8-14(2)3/h5-6,9-10,14,18H,4,7-8,11-13H2,1-3H3. The normalized spacial score (nSPS) is 11.0. The van der Waals surface area contributed by atoms with Gasteiger partial charge in [-0.3, -0.25) is 0 Å². The van der Waals surface area contributed by atoms with Gasteiger partial charge in [0.25, 0.3) is 0 Å². The van der Waals surface area contributed by atoms with Crippen LogP contribution in [-0.2, 0) is 0 Å². The van der Waals surface area contributed by atoms with Gasteiger partial charge in [0.2, 0.25) is 0 Å². The molecule has 3 heteroatoms. The van der Waals surface area contributed by atoms with E-state index in [1.165, 1.54) is 18.9 Å². The molecule has 0 aliphatic heterocycles. The first-order valence-electron chi connectivity index (χ1n) is 7.35. The molecule has 1 N–H and O–H groups in total. The lowest BCUT2D eigenvalue weighted by atomic mass is 10.1. The molecule has 0 heterocycles. The first-order chi connectivity index (χ1) is 9.15. The van der Waals surface area contributed by atoms with Crippen molar-refractivity contribution in [3.63, 3.8) is 0 Å². The van der Waals surface area contributed by atoms with Gasteiger partial charge in [-0.2, -0.15) is 0 Å². The van der Waals surface area contributed by atoms with E-state index in [0.717, 1.165) is 32.1 Å². The summed E-state index contributed by atoms with van der Waals surface area (Å²) >= 11 is 0. The van der Waals surface area contributed by atoms with Gasteiger partial charge in [0.1, 0.15) is 5.82 Å². The van der Waals surface area contributed by atoms with E-state index < -0.39 is 0 Å². The lowest BCUT2D eigenvalue weighted by molar-refractivity contribution is 0.527. The van der Waals surface area contributed by atoms with Gasteiger partial charge < -0.3 is 10.2 Å². The number of likely N-dealkylation sites (N-methyl/N-ethyl adjacent to an activating group) is 1. The average Bonchev–Trinajstić information content (AvgIpc) is 2.39. The first-order valence-corrected chi connectivity index (χ1v) is 7.35. The number of hydrogen-bond donors (Lipinski definition) is 1. The summed E-state index contributed by atoms with van der Waals surface area (Å²) in [5.74, 6) is 0.636. The number of nitrogens with one attached hydrogen (secondary N) is 1. The zero-order chi connectivity index (χ0) is 14.1. The molecule has 0 amide bonds. The Labute approximate surface area is 117 Å². The zero-order valence-corrected chi connectivity index (χ0v) is 12.5. The molecule has 0 aromatic heterocycles. The van der Waals surface area contributed by atoms with E-state index in [1.807, 2.05) is 12.1 Å². The smallest absolute Gasteiger partial charge is 0.146 e. The van der Waals surface area contributed by atoms with Crippen molar-refractivity contribution in [2.45, 2.75) is 33.6 Å². The Bertz CT molecular complexity index is 352. The van der Waals surface area contributed by atoms with Crippen molar-refractivity contribution >= 4 is 5.69 Å². The Balaban J connectivity index is 2.28. The van der Waals surface area contributed by atoms with Crippen LogP contribution < -0.4 is 10.2 Å². The molecule has 0 bridgehead atoms. The van der Waals surface area contributed by atoms with Gasteiger partial charge in [0.05, 0.1) is 5.69 Å². The molecule has 0 aliphatic rings. The van der Waals surface area contributed by atoms with Crippen LogP contribution in [0.2, 0.25) is 0 Å². The van der Waals surface area contributed by atoms with Crippen LogP contribution in [-0.4, -0.2) is 26.2 Å². The number of para-hydroxylation sites is 1. The second-order valence-corrected chi connectivity index (χ2v) is 5.32. The maximum absolute atomic E-state index is 13.7. The molecule has 2 nitrogen and oxygen atoms in total. The third kappa shape index (κ3) is 6.06. The second-order valence-electron chi connectivity index (χ2n) is 5.32. The number of hydrogen-bond acceptors (Lipinski definition) is 2. The third-order valence-electron chi connectivity index (χ3n) is 3.27. The summed E-state index contributed by atoms with van der Waals surface area (Å²) in [5, 5.41) is 3.43. The molecular formula is C16H27FN2. The van der Waals surface area contributed by atoms with E-state index in [4.69, 9.17) is 0 Å². The third-order valence-corrected chi connectivity index (χ3v) is 3.27. The predicted molar refractivity (Wildman–Crippen MR) is 81.2 cm³/mol. The van der Waals surface area contributed by atoms with Crippen molar-refractivity contribution in [3.05, 3.63) is 30.1 Å². The Morgan fingerprint density at radius 3 is 2.58 bits per heavy atom. The van der Waals surface area contributed by atoms with E-state index in [0.29, 0.717) is 5.69 Å². The molecule has 19 heavy (non-hydrogen) atoms. The van der Waals surface area contributed by atoms with Crippen molar-refractivity contribution in [1.82, 2.24) is 5.32 Å². The number of benzene rings is 1. The van der Waals surface area contributed by atoms with Crippen molar-refractivity contribution < 1.29 is 4.39 Å². The predicted octanol–water partition coefficient (Wildman–Crippen LogP) is 3.68. The minimum Gasteiger partial charge on any atom is -0.368 e. The summed E-state index contributed by atoms with van der Waals surface area (Å²) < 4.78 is 13.7. The molecule has 0 spiro atoms. The summed E-state index contributed by atoms with van der Waals surface area (Å²) in [4.78, 5) is 2.07. The van der Waals surface area contributed by atoms with Gasteiger partial charge in [-0.05, 0) is 44.4 Å². The summed E-state index contributed by atoms with van der Waals surface area (Å²) in [6.45, 7) is 10.2. The summed E-state index contributed by atoms with van der Waals surface area (Å²) in [6.07, 6.45) is 2.47. The molecule has 0 saturated heterocycles. The fraction of sp³-hybridized carbons (Fsp3) is 0.625. The van der Waals surface area contributed by atoms with Gasteiger partial charge >= 0.3 is 0 Å². The van der Waals surface area contributed by atoms with Crippen LogP contribution in [0.25, 0.3) is 0 Å². The maximum atomic E-state index is 13.7. The minimum atomic E-state index is -0.135. The van der Waals surface area contributed by atoms with E-state index in [9.17, 15) is 4.39 Å². The van der Waals surface area contributed by atoms with Crippen LogP contribution >= 0.6 is 0 Å². The zero-order valence-electron chi connectivity index (χ0n) is 12.5. The minimum absolute atomic E-state index is 0.135. The lowest BCUT2D eigenvalue weighted by Crippen LogP contribution is -2.33. The number of rotatable bonds is 9. The number of anilines is 1. The number of nitrogens with zero attached hydrogens (tertiary/aromatic N) is 1. The molecule has 0 saturated carbocycles. The average molecular weight is 266 g/mol. The molecule has 0 aliphatic carbocycles. The highest BCUT2D eigenvalue weighted by Gasteiger charge is 2.08. The van der Waals surface area contributed by atoms with Crippen molar-refractivity contribution in [2.24, 2.45) is 5.92 Å². The SMILES string of the molecule is CCN(CCNCCCC(C)C)c1ccccc1F. The molecule has 1 aromatic rings. The van der Waals surface area contributed by atoms with Crippen molar-refractivity contribution in [1.29, 1.82) is 0 Å². The molecule has 0 radical (unpaired) electrons. The second kappa shape index (κ2) is 8.92. The molecule has 1 aromatic carbocycles. The van der Waals surface area contributed by atoms with E-state index in [2.05, 4.69) is 31.0 Å². The van der Waals surface area contributed by atoms with Crippen molar-refractivity contribution in [2.75, 3.05) is 31.1 Å². The molecule has 1 rings (SSSR count). The van der Waals surface area contributed by atoms with Crippen LogP contribution in [0.3, 0.4) is 0 Å². The van der Waals surface area contributed by atoms with Gasteiger partial charge in [0.15, 0.2) is 0 Å². The van der Waals surface area contributed by atoms with E-state index >= 15 is 0 Å². The Kier molecular flexibility index (Phi) is 7.49. The number of halogens is 1. The molecule has 108 valence electrons. The fourth-order valence-corrected chi connectivity index (χ4v) is 2.13. The van der Waals surface area contributed by atoms with Crippen LogP contribution in [0.4, 0.5) is 10.1 Å². The van der Waals surface area contributed by atoms with Gasteiger partial charge in [0, 0.05) is 19.6 Å². The monoisotopic (exact) mass is 266 g/mol. The summed E-state index contributed by atoms with van der Waals surface area (Å²) in [7, 11) is 0. The Hall–Kier alpha value is -1.09. The molecule has 0 unspecified atom stereocenters. The maximum Gasteiger partial charge on any atom is 0.146 e. The van der Waals surface area contributed by atoms with E-state index in [-0.39, 0.29) is 5.82 Å². The molecule has 0 fully saturated rings. The van der Waals surface area contributed by atoms with Gasteiger partial charge in [-0.15, -0.1) is 0 Å². The molecule has 0 atom stereocenters. The highest BCUT2D eigenvalue weighted by molar-refractivity contribution is 5.47. The summed E-state index contributed by atoms with van der Waals surface area (Å²) in [6, 6.07) is 6.99. The van der Waals surface area contributed by atoms with Gasteiger partial charge in [-0.25, -0.2) is 4.39 Å². The topological polar surface area (TPSA) is 15.3 Å². The van der Waals surface area contributed by atoms with Crippen LogP contribution in [0.15, 0.2) is 24.3 Å². The largest absolute Gasteiger partial charge is 0.368 e. The van der Waals surface area contributed by atoms with Crippen LogP contribution in [0.5, 0.6) is 0 Å². The quantitative estimate of drug-likeness (QED) is 0.686. The van der Waals surface area contributed by atoms with E-state index in [1.54, 1.807) is 6.07 Å². The Morgan fingerprint density at radius 1 is 1.21 bits per heavy atom. The Morgan fingerprint density at radius 2 is 1.95 bits per heavy atom.